The van der Waals surface area contributed by atoms with Crippen LogP contribution < -0.4 is 18.9 Å². The SMILES string of the molecule is CCCCCCCCC(F)C(F)(F)C(F)(F)C(F)(F)S(=O)(=O)[O-].[Li+]. The first-order valence-electron chi connectivity index (χ1n) is 6.96. The van der Waals surface area contributed by atoms with E-state index in [0.29, 0.717) is 6.42 Å². The summed E-state index contributed by atoms with van der Waals surface area (Å²) in [6.07, 6.45) is -1.87. The molecule has 1 unspecified atom stereocenters. The average Bonchev–Trinajstić information content (AvgIpc) is 2.40. The van der Waals surface area contributed by atoms with Crippen LogP contribution in [0.1, 0.15) is 51.9 Å². The van der Waals surface area contributed by atoms with Gasteiger partial charge in [0.25, 0.3) is 0 Å². The molecule has 0 aliphatic rings. The smallest absolute Gasteiger partial charge is 0.743 e. The molecule has 0 bridgehead atoms. The number of unbranched alkanes of at least 4 members (excludes halogenated alkanes) is 5. The van der Waals surface area contributed by atoms with Crippen molar-refractivity contribution in [3.63, 3.8) is 0 Å². The summed E-state index contributed by atoms with van der Waals surface area (Å²) in [5, 5.41) is -6.62. The predicted octanol–water partition coefficient (Wildman–Crippen LogP) is 1.49. The molecule has 0 heterocycles. The first-order chi connectivity index (χ1) is 10.2. The fourth-order valence-electron chi connectivity index (χ4n) is 1.83. The molecule has 0 amide bonds. The van der Waals surface area contributed by atoms with Crippen molar-refractivity contribution in [2.24, 2.45) is 0 Å². The van der Waals surface area contributed by atoms with Gasteiger partial charge in [-0.05, 0) is 6.42 Å². The number of halogens is 7. The van der Waals surface area contributed by atoms with Gasteiger partial charge in [-0.15, -0.1) is 0 Å². The molecular formula is C12H18F7LiO3S. The Kier molecular flexibility index (Phi) is 10.5. The van der Waals surface area contributed by atoms with Crippen molar-refractivity contribution in [2.45, 2.75) is 75.1 Å². The zero-order chi connectivity index (χ0) is 18.5. The van der Waals surface area contributed by atoms with Crippen molar-refractivity contribution in [3.05, 3.63) is 0 Å². The van der Waals surface area contributed by atoms with E-state index in [-0.39, 0.29) is 31.7 Å². The van der Waals surface area contributed by atoms with Gasteiger partial charge in [-0.3, -0.25) is 0 Å². The van der Waals surface area contributed by atoms with Gasteiger partial charge in [-0.2, -0.15) is 26.3 Å². The Labute approximate surface area is 148 Å². The molecule has 0 aliphatic carbocycles. The first kappa shape index (κ1) is 26.2. The predicted molar refractivity (Wildman–Crippen MR) is 67.4 cm³/mol. The molecule has 0 saturated carbocycles. The van der Waals surface area contributed by atoms with Crippen LogP contribution in [0, 0.1) is 0 Å². The van der Waals surface area contributed by atoms with E-state index in [2.05, 4.69) is 0 Å². The van der Waals surface area contributed by atoms with E-state index in [1.54, 1.807) is 0 Å². The maximum Gasteiger partial charge on any atom is 1.00 e. The zero-order valence-corrected chi connectivity index (χ0v) is 14.1. The van der Waals surface area contributed by atoms with E-state index >= 15 is 0 Å². The molecule has 0 fully saturated rings. The number of alkyl halides is 7. The maximum atomic E-state index is 13.3. The zero-order valence-electron chi connectivity index (χ0n) is 13.3. The van der Waals surface area contributed by atoms with Gasteiger partial charge in [-0.1, -0.05) is 45.4 Å². The third kappa shape index (κ3) is 5.78. The Morgan fingerprint density at radius 1 is 0.917 bits per heavy atom. The van der Waals surface area contributed by atoms with Gasteiger partial charge in [0.05, 0.1) is 0 Å². The standard InChI is InChI=1S/C12H19F7O3S.Li/c1-2-3-4-5-6-7-8-9(13)10(14,15)11(16,17)12(18,19)23(20,21)22;/h9H,2-8H2,1H3,(H,20,21,22);/q;+1/p-1. The quantitative estimate of drug-likeness (QED) is 0.236. The molecule has 0 radical (unpaired) electrons. The van der Waals surface area contributed by atoms with Crippen LogP contribution in [0.4, 0.5) is 30.7 Å². The summed E-state index contributed by atoms with van der Waals surface area (Å²) in [6, 6.07) is 0. The van der Waals surface area contributed by atoms with Crippen LogP contribution in [0.15, 0.2) is 0 Å². The molecule has 1 atom stereocenters. The number of rotatable bonds is 11. The third-order valence-electron chi connectivity index (χ3n) is 3.30. The van der Waals surface area contributed by atoms with Crippen molar-refractivity contribution in [1.29, 1.82) is 0 Å². The topological polar surface area (TPSA) is 57.2 Å². The first-order valence-corrected chi connectivity index (χ1v) is 8.37. The second-order valence-electron chi connectivity index (χ2n) is 5.19. The molecule has 0 rings (SSSR count). The summed E-state index contributed by atoms with van der Waals surface area (Å²) in [5.41, 5.74) is 0. The Balaban J connectivity index is 0. The molecule has 0 saturated heterocycles. The molecule has 0 aromatic heterocycles. The third-order valence-corrected chi connectivity index (χ3v) is 4.19. The molecule has 0 N–H and O–H groups in total. The second kappa shape index (κ2) is 9.64. The van der Waals surface area contributed by atoms with Crippen molar-refractivity contribution in [3.8, 4) is 0 Å². The van der Waals surface area contributed by atoms with E-state index in [9.17, 15) is 43.7 Å². The molecule has 140 valence electrons. The minimum absolute atomic E-state index is 0. The van der Waals surface area contributed by atoms with Gasteiger partial charge in [0, 0.05) is 0 Å². The van der Waals surface area contributed by atoms with Crippen LogP contribution in [0.25, 0.3) is 0 Å². The van der Waals surface area contributed by atoms with E-state index in [1.165, 1.54) is 0 Å². The summed E-state index contributed by atoms with van der Waals surface area (Å²) in [7, 11) is -7.09. The van der Waals surface area contributed by atoms with Crippen LogP contribution >= 0.6 is 0 Å². The van der Waals surface area contributed by atoms with Gasteiger partial charge < -0.3 is 4.55 Å². The Bertz CT molecular complexity index is 471. The van der Waals surface area contributed by atoms with Crippen molar-refractivity contribution < 1.29 is 62.6 Å². The molecule has 0 spiro atoms. The van der Waals surface area contributed by atoms with Crippen LogP contribution in [-0.2, 0) is 10.1 Å². The summed E-state index contributed by atoms with van der Waals surface area (Å²) in [4.78, 5) is 0. The van der Waals surface area contributed by atoms with E-state index in [4.69, 9.17) is 0 Å². The fraction of sp³-hybridized carbons (Fsp3) is 1.00. The van der Waals surface area contributed by atoms with Gasteiger partial charge >= 0.3 is 36.0 Å². The van der Waals surface area contributed by atoms with Gasteiger partial charge in [0.15, 0.2) is 16.3 Å². The van der Waals surface area contributed by atoms with E-state index in [0.717, 1.165) is 19.3 Å². The molecule has 0 aliphatic heterocycles. The van der Waals surface area contributed by atoms with Crippen LogP contribution in [0.2, 0.25) is 0 Å². The molecule has 0 aromatic carbocycles. The molecule has 3 nitrogen and oxygen atoms in total. The molecular weight excluding hydrogens is 364 g/mol. The minimum atomic E-state index is -7.09. The molecule has 0 aromatic rings. The summed E-state index contributed by atoms with van der Waals surface area (Å²) in [6.45, 7) is 1.91. The van der Waals surface area contributed by atoms with Crippen LogP contribution in [-0.4, -0.2) is 36.2 Å². The Morgan fingerprint density at radius 2 is 1.33 bits per heavy atom. The van der Waals surface area contributed by atoms with Crippen molar-refractivity contribution >= 4 is 10.1 Å². The van der Waals surface area contributed by atoms with Gasteiger partial charge in [-0.25, -0.2) is 12.8 Å². The second-order valence-corrected chi connectivity index (χ2v) is 6.61. The average molecular weight is 382 g/mol. The molecule has 12 heteroatoms. The van der Waals surface area contributed by atoms with Crippen molar-refractivity contribution in [1.82, 2.24) is 0 Å². The Morgan fingerprint density at radius 3 is 1.75 bits per heavy atom. The maximum absolute atomic E-state index is 13.3. The summed E-state index contributed by atoms with van der Waals surface area (Å²) >= 11 is 0. The largest absolute Gasteiger partial charge is 1.00 e. The number of hydrogen-bond acceptors (Lipinski definition) is 3. The van der Waals surface area contributed by atoms with Crippen LogP contribution in [0.5, 0.6) is 0 Å². The van der Waals surface area contributed by atoms with E-state index < -0.39 is 39.8 Å². The van der Waals surface area contributed by atoms with Gasteiger partial charge in [0.1, 0.15) is 0 Å². The van der Waals surface area contributed by atoms with E-state index in [1.807, 2.05) is 6.92 Å². The van der Waals surface area contributed by atoms with Crippen molar-refractivity contribution in [2.75, 3.05) is 0 Å². The minimum Gasteiger partial charge on any atom is -0.743 e. The molecule has 24 heavy (non-hydrogen) atoms. The van der Waals surface area contributed by atoms with Crippen LogP contribution in [0.3, 0.4) is 0 Å². The monoisotopic (exact) mass is 382 g/mol. The van der Waals surface area contributed by atoms with Gasteiger partial charge in [0.2, 0.25) is 0 Å². The summed E-state index contributed by atoms with van der Waals surface area (Å²) < 4.78 is 122. The summed E-state index contributed by atoms with van der Waals surface area (Å²) in [5.74, 6) is -12.6. The normalized spacial score (nSPS) is 15.0. The Hall–Kier alpha value is 0.0174. The fourth-order valence-corrected chi connectivity index (χ4v) is 2.28. The number of hydrogen-bond donors (Lipinski definition) is 0.